The summed E-state index contributed by atoms with van der Waals surface area (Å²) in [4.78, 5) is 0. The van der Waals surface area contributed by atoms with Crippen LogP contribution in [0.3, 0.4) is 0 Å². The number of aryl methyl sites for hydroxylation is 1. The number of benzene rings is 1. The Balaban J connectivity index is 1.55. The molecule has 3 aliphatic rings. The van der Waals surface area contributed by atoms with Gasteiger partial charge < -0.3 is 15.2 Å². The Hall–Kier alpha value is -1.06. The van der Waals surface area contributed by atoms with Crippen LogP contribution < -0.4 is 5.32 Å². The average molecular weight is 259 g/mol. The molecular formula is C16H21NO2. The van der Waals surface area contributed by atoms with Crippen LogP contribution in [0.5, 0.6) is 5.75 Å². The van der Waals surface area contributed by atoms with Crippen LogP contribution in [0.4, 0.5) is 0 Å². The highest BCUT2D eigenvalue weighted by Crippen LogP contribution is 2.38. The molecule has 4 rings (SSSR count). The van der Waals surface area contributed by atoms with Crippen LogP contribution in [-0.4, -0.2) is 23.4 Å². The Morgan fingerprint density at radius 2 is 2.16 bits per heavy atom. The van der Waals surface area contributed by atoms with Gasteiger partial charge in [-0.2, -0.15) is 0 Å². The van der Waals surface area contributed by atoms with Gasteiger partial charge in [-0.1, -0.05) is 6.07 Å². The summed E-state index contributed by atoms with van der Waals surface area (Å²) in [5.74, 6) is 0.386. The number of aromatic hydroxyl groups is 1. The van der Waals surface area contributed by atoms with E-state index < -0.39 is 0 Å². The summed E-state index contributed by atoms with van der Waals surface area (Å²) in [6.07, 6.45) is 8.08. The Labute approximate surface area is 114 Å². The molecule has 2 bridgehead atoms. The van der Waals surface area contributed by atoms with E-state index in [1.807, 2.05) is 12.1 Å². The highest BCUT2D eigenvalue weighted by molar-refractivity contribution is 5.38. The summed E-state index contributed by atoms with van der Waals surface area (Å²) in [7, 11) is 0. The molecule has 0 radical (unpaired) electrons. The van der Waals surface area contributed by atoms with E-state index in [2.05, 4.69) is 11.4 Å². The van der Waals surface area contributed by atoms with Crippen LogP contribution in [0.25, 0.3) is 0 Å². The van der Waals surface area contributed by atoms with Gasteiger partial charge in [0.2, 0.25) is 0 Å². The lowest BCUT2D eigenvalue weighted by Gasteiger charge is -2.31. The first-order chi connectivity index (χ1) is 9.29. The molecule has 102 valence electrons. The van der Waals surface area contributed by atoms with Gasteiger partial charge in [0.25, 0.3) is 0 Å². The first kappa shape index (κ1) is 11.7. The van der Waals surface area contributed by atoms with E-state index in [1.165, 1.54) is 36.8 Å². The van der Waals surface area contributed by atoms with Crippen molar-refractivity contribution in [2.45, 2.75) is 62.8 Å². The minimum atomic E-state index is 0.386. The van der Waals surface area contributed by atoms with Gasteiger partial charge in [-0.15, -0.1) is 0 Å². The molecule has 0 amide bonds. The SMILES string of the molecule is Oc1ccc2c(c1)C(NC1CC3CCC1O3)CCC2. The number of hydrogen-bond donors (Lipinski definition) is 2. The van der Waals surface area contributed by atoms with Crippen molar-refractivity contribution in [3.8, 4) is 5.75 Å². The largest absolute Gasteiger partial charge is 0.508 e. The third-order valence-electron chi connectivity index (χ3n) is 4.97. The van der Waals surface area contributed by atoms with E-state index in [4.69, 9.17) is 4.74 Å². The standard InChI is InChI=1S/C16H21NO2/c18-11-5-4-10-2-1-3-14(13(10)8-11)17-15-9-12-6-7-16(15)19-12/h4-5,8,12,14-18H,1-3,6-7,9H2. The second-order valence-electron chi connectivity index (χ2n) is 6.21. The van der Waals surface area contributed by atoms with Gasteiger partial charge in [0.05, 0.1) is 12.2 Å². The number of fused-ring (bicyclic) bond motifs is 3. The van der Waals surface area contributed by atoms with E-state index in [1.54, 1.807) is 0 Å². The Morgan fingerprint density at radius 1 is 1.21 bits per heavy atom. The van der Waals surface area contributed by atoms with Crippen LogP contribution in [0.1, 0.15) is 49.3 Å². The lowest BCUT2D eigenvalue weighted by molar-refractivity contribution is 0.0956. The van der Waals surface area contributed by atoms with E-state index >= 15 is 0 Å². The van der Waals surface area contributed by atoms with Crippen molar-refractivity contribution in [1.82, 2.24) is 5.32 Å². The topological polar surface area (TPSA) is 41.5 Å². The minimum Gasteiger partial charge on any atom is -0.508 e. The maximum Gasteiger partial charge on any atom is 0.115 e. The second kappa shape index (κ2) is 4.50. The van der Waals surface area contributed by atoms with Gasteiger partial charge in [0.15, 0.2) is 0 Å². The van der Waals surface area contributed by atoms with Crippen molar-refractivity contribution < 1.29 is 9.84 Å². The third kappa shape index (κ3) is 2.05. The fraction of sp³-hybridized carbons (Fsp3) is 0.625. The summed E-state index contributed by atoms with van der Waals surface area (Å²) in [6.45, 7) is 0. The molecule has 1 aliphatic carbocycles. The molecule has 2 heterocycles. The second-order valence-corrected chi connectivity index (χ2v) is 6.21. The van der Waals surface area contributed by atoms with Crippen LogP contribution in [0, 0.1) is 0 Å². The molecule has 19 heavy (non-hydrogen) atoms. The lowest BCUT2D eigenvalue weighted by atomic mass is 9.86. The van der Waals surface area contributed by atoms with Crippen molar-refractivity contribution in [3.05, 3.63) is 29.3 Å². The number of rotatable bonds is 2. The minimum absolute atomic E-state index is 0.386. The summed E-state index contributed by atoms with van der Waals surface area (Å²) >= 11 is 0. The average Bonchev–Trinajstić information content (AvgIpc) is 3.02. The maximum atomic E-state index is 9.72. The lowest BCUT2D eigenvalue weighted by Crippen LogP contribution is -2.40. The Bertz CT molecular complexity index is 488. The number of phenols is 1. The molecule has 2 fully saturated rings. The normalized spacial score (nSPS) is 36.4. The van der Waals surface area contributed by atoms with Gasteiger partial charge in [0, 0.05) is 12.1 Å². The zero-order valence-corrected chi connectivity index (χ0v) is 11.1. The molecule has 2 aliphatic heterocycles. The van der Waals surface area contributed by atoms with Crippen LogP contribution in [0.2, 0.25) is 0 Å². The van der Waals surface area contributed by atoms with Crippen LogP contribution in [-0.2, 0) is 11.2 Å². The highest BCUT2D eigenvalue weighted by atomic mass is 16.5. The van der Waals surface area contributed by atoms with Crippen molar-refractivity contribution >= 4 is 0 Å². The molecule has 1 aromatic carbocycles. The zero-order valence-electron chi connectivity index (χ0n) is 11.1. The number of ether oxygens (including phenoxy) is 1. The summed E-state index contributed by atoms with van der Waals surface area (Å²) in [5.41, 5.74) is 2.69. The quantitative estimate of drug-likeness (QED) is 0.858. The molecule has 4 unspecified atom stereocenters. The highest BCUT2D eigenvalue weighted by Gasteiger charge is 2.41. The molecule has 3 heteroatoms. The van der Waals surface area contributed by atoms with Crippen molar-refractivity contribution in [2.24, 2.45) is 0 Å². The van der Waals surface area contributed by atoms with E-state index in [0.29, 0.717) is 30.0 Å². The first-order valence-electron chi connectivity index (χ1n) is 7.53. The smallest absolute Gasteiger partial charge is 0.115 e. The Kier molecular flexibility index (Phi) is 2.78. The fourth-order valence-electron chi connectivity index (χ4n) is 4.03. The first-order valence-corrected chi connectivity index (χ1v) is 7.53. The van der Waals surface area contributed by atoms with Gasteiger partial charge in [-0.3, -0.25) is 0 Å². The van der Waals surface area contributed by atoms with Crippen molar-refractivity contribution in [2.75, 3.05) is 0 Å². The summed E-state index contributed by atoms with van der Waals surface area (Å²) in [6, 6.07) is 6.73. The van der Waals surface area contributed by atoms with Gasteiger partial charge in [0.1, 0.15) is 5.75 Å². The molecule has 3 nitrogen and oxygen atoms in total. The Morgan fingerprint density at radius 3 is 2.95 bits per heavy atom. The van der Waals surface area contributed by atoms with Crippen molar-refractivity contribution in [3.63, 3.8) is 0 Å². The molecule has 0 spiro atoms. The van der Waals surface area contributed by atoms with Crippen LogP contribution in [0.15, 0.2) is 18.2 Å². The molecule has 2 saturated heterocycles. The predicted molar refractivity (Wildman–Crippen MR) is 73.2 cm³/mol. The molecule has 4 atom stereocenters. The monoisotopic (exact) mass is 259 g/mol. The van der Waals surface area contributed by atoms with Crippen molar-refractivity contribution in [1.29, 1.82) is 0 Å². The van der Waals surface area contributed by atoms with E-state index in [0.717, 1.165) is 12.8 Å². The van der Waals surface area contributed by atoms with E-state index in [9.17, 15) is 5.11 Å². The summed E-state index contributed by atoms with van der Waals surface area (Å²) in [5, 5.41) is 13.5. The van der Waals surface area contributed by atoms with Gasteiger partial charge >= 0.3 is 0 Å². The number of nitrogens with one attached hydrogen (secondary N) is 1. The molecule has 2 N–H and O–H groups in total. The number of hydrogen-bond acceptors (Lipinski definition) is 3. The molecule has 0 aromatic heterocycles. The molecule has 1 aromatic rings. The predicted octanol–water partition coefficient (Wildman–Crippen LogP) is 2.68. The molecule has 0 saturated carbocycles. The van der Waals surface area contributed by atoms with E-state index in [-0.39, 0.29) is 0 Å². The van der Waals surface area contributed by atoms with Gasteiger partial charge in [-0.05, 0) is 61.8 Å². The van der Waals surface area contributed by atoms with Crippen LogP contribution >= 0.6 is 0 Å². The molecular weight excluding hydrogens is 238 g/mol. The zero-order chi connectivity index (χ0) is 12.8. The third-order valence-corrected chi connectivity index (χ3v) is 4.97. The van der Waals surface area contributed by atoms with Gasteiger partial charge in [-0.25, -0.2) is 0 Å². The number of phenolic OH excluding ortho intramolecular Hbond substituents is 1. The maximum absolute atomic E-state index is 9.72. The fourth-order valence-corrected chi connectivity index (χ4v) is 4.03. The summed E-state index contributed by atoms with van der Waals surface area (Å²) < 4.78 is 5.93.